The molecule has 4 aliphatic rings. The van der Waals surface area contributed by atoms with Crippen LogP contribution in [0.25, 0.3) is 44.8 Å². The summed E-state index contributed by atoms with van der Waals surface area (Å²) in [6.07, 6.45) is 10.4. The van der Waals surface area contributed by atoms with E-state index in [1.54, 1.807) is 18.3 Å². The van der Waals surface area contributed by atoms with E-state index in [0.717, 1.165) is 72.5 Å². The van der Waals surface area contributed by atoms with Gasteiger partial charge < -0.3 is 24.3 Å². The number of nitrogens with zero attached hydrogens (tertiary/aromatic N) is 9. The Labute approximate surface area is 447 Å². The van der Waals surface area contributed by atoms with Crippen molar-refractivity contribution in [3.8, 4) is 22.8 Å². The van der Waals surface area contributed by atoms with Gasteiger partial charge in [0.1, 0.15) is 41.8 Å². The number of fused-ring (bicyclic) bond motifs is 2. The number of carbonyl (C=O) groups is 2. The van der Waals surface area contributed by atoms with Gasteiger partial charge in [0.15, 0.2) is 28.9 Å². The molecule has 6 aromatic heterocycles. The summed E-state index contributed by atoms with van der Waals surface area (Å²) in [5.41, 5.74) is 2.49. The van der Waals surface area contributed by atoms with Crippen molar-refractivity contribution < 1.29 is 53.8 Å². The molecule has 6 atom stereocenters. The van der Waals surface area contributed by atoms with Crippen LogP contribution in [0.15, 0.2) is 78.5 Å². The van der Waals surface area contributed by atoms with Crippen LogP contribution in [0.2, 0.25) is 0 Å². The molecule has 2 saturated carbocycles. The van der Waals surface area contributed by atoms with Gasteiger partial charge in [-0.05, 0) is 120 Å². The number of halogens is 6. The molecule has 8 heterocycles. The third-order valence-electron chi connectivity index (χ3n) is 14.5. The first-order valence-corrected chi connectivity index (χ1v) is 27.8. The predicted octanol–water partition coefficient (Wildman–Crippen LogP) is 11.2. The number of amides is 2. The number of rotatable bonds is 10. The van der Waals surface area contributed by atoms with Crippen molar-refractivity contribution >= 4 is 44.3 Å². The molecular formula is C55H60F6N10O6S. The third kappa shape index (κ3) is 12.7. The number of likely N-dealkylation sites (tertiary alicyclic amines) is 2. The minimum atomic E-state index is -4.11. The van der Waals surface area contributed by atoms with Crippen LogP contribution in [0, 0.1) is 42.0 Å². The van der Waals surface area contributed by atoms with Crippen LogP contribution in [0.1, 0.15) is 95.0 Å². The highest BCUT2D eigenvalue weighted by atomic mass is 32.2. The molecule has 0 radical (unpaired) electrons. The number of H-pyrrole nitrogens is 1. The third-order valence-corrected chi connectivity index (χ3v) is 16.2. The second-order valence-electron chi connectivity index (χ2n) is 20.1. The largest absolute Gasteiger partial charge is 0.446 e. The van der Waals surface area contributed by atoms with Crippen LogP contribution in [-0.4, -0.2) is 120 Å². The lowest BCUT2D eigenvalue weighted by Crippen LogP contribution is -2.35. The normalized spacial score (nSPS) is 21.4. The summed E-state index contributed by atoms with van der Waals surface area (Å²) in [7, 11) is -4.11. The number of hydrogen-bond donors (Lipinski definition) is 1. The molecule has 2 amide bonds. The first-order valence-electron chi connectivity index (χ1n) is 26.4. The van der Waals surface area contributed by atoms with Crippen molar-refractivity contribution in [1.82, 2.24) is 48.7 Å². The number of aromatic nitrogens is 8. The fourth-order valence-electron chi connectivity index (χ4n) is 10.6. The summed E-state index contributed by atoms with van der Waals surface area (Å²) in [6.45, 7) is 6.65. The number of benzene rings is 1. The zero-order valence-corrected chi connectivity index (χ0v) is 44.2. The number of aromatic amines is 1. The molecule has 16 nitrogen and oxygen atoms in total. The molecule has 7 aromatic rings. The van der Waals surface area contributed by atoms with E-state index in [0.29, 0.717) is 74.0 Å². The smallest absolute Gasteiger partial charge is 0.410 e. The van der Waals surface area contributed by atoms with Gasteiger partial charge in [0.25, 0.3) is 10.0 Å². The van der Waals surface area contributed by atoms with Gasteiger partial charge in [-0.2, -0.15) is 0 Å². The molecule has 2 saturated heterocycles. The van der Waals surface area contributed by atoms with Crippen molar-refractivity contribution in [3.05, 3.63) is 114 Å². The Morgan fingerprint density at radius 1 is 0.667 bits per heavy atom. The Balaban J connectivity index is 0.000000190. The highest BCUT2D eigenvalue weighted by Gasteiger charge is 2.34. The minimum absolute atomic E-state index is 0.0135. The van der Waals surface area contributed by atoms with E-state index in [-0.39, 0.29) is 82.3 Å². The van der Waals surface area contributed by atoms with E-state index in [2.05, 4.69) is 34.9 Å². The number of nitrogens with one attached hydrogen (secondary N) is 1. The summed E-state index contributed by atoms with van der Waals surface area (Å²) >= 11 is 0. The predicted molar refractivity (Wildman–Crippen MR) is 277 cm³/mol. The van der Waals surface area contributed by atoms with E-state index in [4.69, 9.17) is 9.47 Å². The summed E-state index contributed by atoms with van der Waals surface area (Å²) in [4.78, 5) is 55.7. The maximum Gasteiger partial charge on any atom is 0.410 e. The van der Waals surface area contributed by atoms with Crippen molar-refractivity contribution in [3.63, 3.8) is 0 Å². The second-order valence-corrected chi connectivity index (χ2v) is 21.9. The number of aryl methyl sites for hydroxylation is 1. The van der Waals surface area contributed by atoms with E-state index >= 15 is 0 Å². The summed E-state index contributed by atoms with van der Waals surface area (Å²) in [5.74, 6) is -1.94. The quantitative estimate of drug-likeness (QED) is 0.128. The van der Waals surface area contributed by atoms with Gasteiger partial charge in [0.05, 0.1) is 54.2 Å². The van der Waals surface area contributed by atoms with Gasteiger partial charge in [0.2, 0.25) is 0 Å². The van der Waals surface area contributed by atoms with Gasteiger partial charge >= 0.3 is 12.2 Å². The fourth-order valence-corrected chi connectivity index (χ4v) is 11.9. The Kier molecular flexibility index (Phi) is 17.3. The van der Waals surface area contributed by atoms with Crippen molar-refractivity contribution in [2.75, 3.05) is 26.2 Å². The van der Waals surface area contributed by atoms with Gasteiger partial charge in [-0.3, -0.25) is 0 Å². The molecule has 23 heteroatoms. The lowest BCUT2D eigenvalue weighted by Gasteiger charge is -2.30. The molecule has 0 unspecified atom stereocenters. The SMILES string of the molecule is CC.Cc1ccc(S(=O)(=O)n2cc(-c3ncc(F)c(C[C@H]4CCC[C@@H](OC(=O)N5CC[C@@H](F)C5)C4)n3)c3cc(F)cnc32)cc1.O=C(O[C@@H]1CCC[C@H](Cc2nc(-c3c[nH]c4ncc(F)cc34)ncc2F)C1)N1CC[C@@H](F)C1. The molecule has 78 heavy (non-hydrogen) atoms. The summed E-state index contributed by atoms with van der Waals surface area (Å²) in [5, 5.41) is 0.685. The standard InChI is InChI=1S/C30H30F3N5O4S.C23H24F3N5O2.C2H6/c1-18-5-7-23(8-6-18)43(40,41)38-17-25(24-13-21(32)14-35-29(24)38)28-34-15-26(33)27(36-28)12-19-3-2-4-22(11-19)42-30(39)37-10-9-20(31)16-37;24-14-4-5-31(12-14)23(32)33-16-3-1-2-13(6-16)7-20-19(26)11-29-22(30-20)18-10-28-21-17(18)8-15(25)9-27-21;1-2/h5-8,13-15,17,19-20,22H,2-4,9-12,16H2,1H3;8-11,13-14,16H,1-7,12H2,(H,27,28);1-2H3/t19-,20+,22+;13-,14+,16+;/m00./s1. The highest BCUT2D eigenvalue weighted by Crippen LogP contribution is 2.35. The number of hydrogen-bond acceptors (Lipinski definition) is 12. The first kappa shape index (κ1) is 55.6. The zero-order valence-electron chi connectivity index (χ0n) is 43.4. The average molecular weight is 1100 g/mol. The second kappa shape index (κ2) is 24.2. The Morgan fingerprint density at radius 2 is 1.18 bits per heavy atom. The molecule has 0 bridgehead atoms. The van der Waals surface area contributed by atoms with Crippen molar-refractivity contribution in [1.29, 1.82) is 0 Å². The molecule has 4 fully saturated rings. The number of alkyl halides is 2. The topological polar surface area (TPSA) is 191 Å². The molecule has 1 N–H and O–H groups in total. The average Bonchev–Trinajstić information content (AvgIpc) is 4.30. The summed E-state index contributed by atoms with van der Waals surface area (Å²) in [6, 6.07) is 8.78. The number of pyridine rings is 2. The van der Waals surface area contributed by atoms with E-state index in [1.165, 1.54) is 34.2 Å². The van der Waals surface area contributed by atoms with Crippen LogP contribution in [0.3, 0.4) is 0 Å². The van der Waals surface area contributed by atoms with Gasteiger partial charge in [-0.1, -0.05) is 31.5 Å². The Hall–Kier alpha value is -7.17. The molecule has 414 valence electrons. The Bertz CT molecular complexity index is 3390. The first-order chi connectivity index (χ1) is 37.5. The molecule has 1 aromatic carbocycles. The van der Waals surface area contributed by atoms with Crippen LogP contribution in [0.4, 0.5) is 35.9 Å². The van der Waals surface area contributed by atoms with Crippen molar-refractivity contribution in [2.24, 2.45) is 11.8 Å². The van der Waals surface area contributed by atoms with Gasteiger partial charge in [0, 0.05) is 47.4 Å². The molecule has 11 rings (SSSR count). The zero-order chi connectivity index (χ0) is 55.3. The van der Waals surface area contributed by atoms with Crippen LogP contribution in [-0.2, 0) is 32.3 Å². The van der Waals surface area contributed by atoms with Crippen molar-refractivity contribution in [2.45, 2.75) is 127 Å². The van der Waals surface area contributed by atoms with E-state index < -0.39 is 57.8 Å². The molecule has 2 aliphatic heterocycles. The van der Waals surface area contributed by atoms with Crippen LogP contribution in [0.5, 0.6) is 0 Å². The highest BCUT2D eigenvalue weighted by molar-refractivity contribution is 7.90. The monoisotopic (exact) mass is 1100 g/mol. The fraction of sp³-hybridized carbons (Fsp3) is 0.455. The lowest BCUT2D eigenvalue weighted by molar-refractivity contribution is 0.0364. The van der Waals surface area contributed by atoms with E-state index in [9.17, 15) is 44.3 Å². The molecule has 0 spiro atoms. The Morgan fingerprint density at radius 3 is 1.71 bits per heavy atom. The van der Waals surface area contributed by atoms with E-state index in [1.807, 2.05) is 20.8 Å². The lowest BCUT2D eigenvalue weighted by atomic mass is 9.84. The maximum atomic E-state index is 15.0. The molecular weight excluding hydrogens is 1040 g/mol. The number of carbonyl (C=O) groups excluding carboxylic acids is 2. The maximum absolute atomic E-state index is 15.0. The van der Waals surface area contributed by atoms with Crippen LogP contribution >= 0.6 is 0 Å². The number of ether oxygens (including phenoxy) is 2. The van der Waals surface area contributed by atoms with Gasteiger partial charge in [-0.15, -0.1) is 0 Å². The van der Waals surface area contributed by atoms with Crippen LogP contribution < -0.4 is 0 Å². The van der Waals surface area contributed by atoms with Gasteiger partial charge in [-0.25, -0.2) is 78.2 Å². The minimum Gasteiger partial charge on any atom is -0.446 e. The molecule has 2 aliphatic carbocycles. The summed E-state index contributed by atoms with van der Waals surface area (Å²) < 4.78 is 124.